The average Bonchev–Trinajstić information content (AvgIpc) is 2.85. The van der Waals surface area contributed by atoms with Gasteiger partial charge in [0, 0.05) is 10.8 Å². The maximum Gasteiger partial charge on any atom is 0.416 e. The van der Waals surface area contributed by atoms with Crippen LogP contribution in [0.1, 0.15) is 28.7 Å². The Labute approximate surface area is 151 Å². The molecular formula is C13H5Cl2F4N3O2S. The summed E-state index contributed by atoms with van der Waals surface area (Å²) >= 11 is 8.40. The summed E-state index contributed by atoms with van der Waals surface area (Å²) in [5.41, 5.74) is -2.83. The fraction of sp³-hybridized carbons (Fsp3) is 0.154. The lowest BCUT2D eigenvalue weighted by Gasteiger charge is -2.13. The predicted molar refractivity (Wildman–Crippen MR) is 80.8 cm³/mol. The van der Waals surface area contributed by atoms with Gasteiger partial charge in [-0.05, 0) is 12.1 Å². The highest BCUT2D eigenvalue weighted by atomic mass is 35.5. The van der Waals surface area contributed by atoms with Gasteiger partial charge < -0.3 is 4.55 Å². The standard InChI is InChI=1S/C13H5Cl2F4N3O2S/c1-5(23)10-12(25(19)24)9(4-20)21-22(10)11-7(14)2-6(3-8(11)15)13(16,17)18/h2-3H,1H3/t25-/m1/s1. The molecule has 2 rings (SSSR count). The number of alkyl halides is 3. The maximum atomic E-state index is 13.4. The maximum absolute atomic E-state index is 13.4. The van der Waals surface area contributed by atoms with E-state index in [1.54, 1.807) is 0 Å². The summed E-state index contributed by atoms with van der Waals surface area (Å²) < 4.78 is 63.6. The molecule has 1 aromatic heterocycles. The summed E-state index contributed by atoms with van der Waals surface area (Å²) in [6, 6.07) is 2.52. The van der Waals surface area contributed by atoms with Crippen LogP contribution in [0.25, 0.3) is 5.69 Å². The van der Waals surface area contributed by atoms with E-state index in [-0.39, 0.29) is 5.69 Å². The molecular weight excluding hydrogens is 409 g/mol. The third kappa shape index (κ3) is 3.59. The van der Waals surface area contributed by atoms with Gasteiger partial charge in [0.05, 0.1) is 15.6 Å². The van der Waals surface area contributed by atoms with Crippen molar-refractivity contribution < 1.29 is 26.4 Å². The molecule has 0 N–H and O–H groups in total. The number of hydrogen-bond donors (Lipinski definition) is 0. The topological polar surface area (TPSA) is 81.7 Å². The largest absolute Gasteiger partial charge is 0.575 e. The van der Waals surface area contributed by atoms with Gasteiger partial charge in [-0.3, -0.25) is 4.79 Å². The van der Waals surface area contributed by atoms with Gasteiger partial charge in [-0.2, -0.15) is 23.5 Å². The molecule has 0 saturated heterocycles. The van der Waals surface area contributed by atoms with Crippen molar-refractivity contribution in [1.82, 2.24) is 9.78 Å². The lowest BCUT2D eigenvalue weighted by atomic mass is 10.2. The quantitative estimate of drug-likeness (QED) is 0.427. The molecule has 0 radical (unpaired) electrons. The third-order valence-electron chi connectivity index (χ3n) is 3.00. The van der Waals surface area contributed by atoms with Crippen LogP contribution in [0.3, 0.4) is 0 Å². The van der Waals surface area contributed by atoms with E-state index in [9.17, 15) is 26.4 Å². The Hall–Kier alpha value is -1.80. The minimum Gasteiger partial charge on any atom is -0.575 e. The Morgan fingerprint density at radius 2 is 1.88 bits per heavy atom. The number of nitrogens with zero attached hydrogens (tertiary/aromatic N) is 3. The average molecular weight is 414 g/mol. The van der Waals surface area contributed by atoms with Gasteiger partial charge in [0.2, 0.25) is 17.3 Å². The van der Waals surface area contributed by atoms with Crippen LogP contribution < -0.4 is 0 Å². The third-order valence-corrected chi connectivity index (χ3v) is 4.28. The Balaban J connectivity index is 2.84. The van der Waals surface area contributed by atoms with Crippen molar-refractivity contribution in [3.63, 3.8) is 0 Å². The smallest absolute Gasteiger partial charge is 0.416 e. The molecule has 0 aliphatic rings. The van der Waals surface area contributed by atoms with Gasteiger partial charge in [0.25, 0.3) is 4.90 Å². The molecule has 25 heavy (non-hydrogen) atoms. The molecule has 0 aliphatic carbocycles. The van der Waals surface area contributed by atoms with Crippen molar-refractivity contribution in [2.24, 2.45) is 0 Å². The first kappa shape index (κ1) is 19.5. The van der Waals surface area contributed by atoms with Crippen LogP contribution in [0.4, 0.5) is 17.1 Å². The van der Waals surface area contributed by atoms with Crippen molar-refractivity contribution in [3.8, 4) is 11.8 Å². The number of halogens is 6. The number of nitriles is 1. The van der Waals surface area contributed by atoms with Crippen LogP contribution in [0.5, 0.6) is 0 Å². The van der Waals surface area contributed by atoms with Crippen molar-refractivity contribution in [2.45, 2.75) is 18.0 Å². The van der Waals surface area contributed by atoms with E-state index in [4.69, 9.17) is 28.5 Å². The van der Waals surface area contributed by atoms with Crippen molar-refractivity contribution >= 4 is 40.5 Å². The zero-order valence-corrected chi connectivity index (χ0v) is 14.3. The highest BCUT2D eigenvalue weighted by Crippen LogP contribution is 2.38. The van der Waals surface area contributed by atoms with E-state index in [0.29, 0.717) is 16.8 Å². The van der Waals surface area contributed by atoms with Gasteiger partial charge in [-0.25, -0.2) is 4.68 Å². The summed E-state index contributed by atoms with van der Waals surface area (Å²) in [5.74, 6) is -0.845. The van der Waals surface area contributed by atoms with Crippen LogP contribution in [0.15, 0.2) is 17.0 Å². The highest BCUT2D eigenvalue weighted by molar-refractivity contribution is 7.86. The van der Waals surface area contributed by atoms with Crippen molar-refractivity contribution in [1.29, 1.82) is 5.26 Å². The monoisotopic (exact) mass is 413 g/mol. The normalized spacial score (nSPS) is 12.8. The number of carbonyl (C=O) groups is 1. The Kier molecular flexibility index (Phi) is 5.34. The Bertz CT molecular complexity index is 883. The second kappa shape index (κ2) is 6.84. The second-order valence-electron chi connectivity index (χ2n) is 4.62. The van der Waals surface area contributed by atoms with Gasteiger partial charge in [0.15, 0.2) is 11.5 Å². The summed E-state index contributed by atoms with van der Waals surface area (Å²) in [7, 11) is 0. The SMILES string of the molecule is CC(=O)c1c([S@@+]([O-])F)c(C#N)nn1-c1c(Cl)cc(C(F)(F)F)cc1Cl. The lowest BCUT2D eigenvalue weighted by molar-refractivity contribution is -0.137. The molecule has 0 bridgehead atoms. The fourth-order valence-electron chi connectivity index (χ4n) is 2.03. The van der Waals surface area contributed by atoms with E-state index in [0.717, 1.165) is 6.92 Å². The van der Waals surface area contributed by atoms with E-state index >= 15 is 0 Å². The highest BCUT2D eigenvalue weighted by Gasteiger charge is 2.36. The number of benzene rings is 1. The minimum atomic E-state index is -4.73. The molecule has 0 fully saturated rings. The molecule has 1 aromatic carbocycles. The molecule has 0 unspecified atom stereocenters. The Morgan fingerprint density at radius 1 is 1.36 bits per heavy atom. The van der Waals surface area contributed by atoms with Crippen LogP contribution >= 0.6 is 23.2 Å². The van der Waals surface area contributed by atoms with Gasteiger partial charge in [-0.1, -0.05) is 23.2 Å². The first-order valence-corrected chi connectivity index (χ1v) is 7.98. The minimum absolute atomic E-state index is 0.380. The number of carbonyl (C=O) groups excluding carboxylic acids is 1. The van der Waals surface area contributed by atoms with E-state index in [1.165, 1.54) is 6.07 Å². The molecule has 1 heterocycles. The molecule has 12 heteroatoms. The summed E-state index contributed by atoms with van der Waals surface area (Å²) in [5, 5.41) is 11.5. The van der Waals surface area contributed by atoms with Crippen LogP contribution in [-0.2, 0) is 17.7 Å². The number of Topliss-reactive ketones (excluding diaryl/α,β-unsaturated/α-hetero) is 1. The van der Waals surface area contributed by atoms with E-state index in [1.807, 2.05) is 0 Å². The molecule has 0 amide bonds. The van der Waals surface area contributed by atoms with Gasteiger partial charge >= 0.3 is 6.18 Å². The van der Waals surface area contributed by atoms with Crippen LogP contribution in [0, 0.1) is 11.3 Å². The van der Waals surface area contributed by atoms with Crippen LogP contribution in [-0.4, -0.2) is 20.1 Å². The predicted octanol–water partition coefficient (Wildman–Crippen LogP) is 4.26. The second-order valence-corrected chi connectivity index (χ2v) is 6.29. The summed E-state index contributed by atoms with van der Waals surface area (Å²) in [6.45, 7) is 0.969. The molecule has 2 aromatic rings. The molecule has 1 atom stereocenters. The molecule has 132 valence electrons. The van der Waals surface area contributed by atoms with Crippen molar-refractivity contribution in [2.75, 3.05) is 0 Å². The molecule has 0 saturated carbocycles. The number of aromatic nitrogens is 2. The molecule has 5 nitrogen and oxygen atoms in total. The van der Waals surface area contributed by atoms with E-state index < -0.39 is 55.4 Å². The number of hydrogen-bond acceptors (Lipinski definition) is 4. The summed E-state index contributed by atoms with van der Waals surface area (Å²) in [4.78, 5) is 11.0. The lowest BCUT2D eigenvalue weighted by Crippen LogP contribution is -2.12. The van der Waals surface area contributed by atoms with Gasteiger partial charge in [-0.15, -0.1) is 0 Å². The number of ketones is 1. The fourth-order valence-corrected chi connectivity index (χ4v) is 3.30. The van der Waals surface area contributed by atoms with Gasteiger partial charge in [0.1, 0.15) is 11.8 Å². The molecule has 0 spiro atoms. The first-order chi connectivity index (χ1) is 11.5. The van der Waals surface area contributed by atoms with E-state index in [2.05, 4.69) is 5.10 Å². The first-order valence-electron chi connectivity index (χ1n) is 6.17. The zero-order chi connectivity index (χ0) is 19.1. The molecule has 0 aliphatic heterocycles. The zero-order valence-electron chi connectivity index (χ0n) is 12.0. The van der Waals surface area contributed by atoms with Crippen LogP contribution in [0.2, 0.25) is 10.0 Å². The van der Waals surface area contributed by atoms with Crippen molar-refractivity contribution in [3.05, 3.63) is 39.1 Å². The summed E-state index contributed by atoms with van der Waals surface area (Å²) in [6.07, 6.45) is -4.73. The Morgan fingerprint density at radius 3 is 2.24 bits per heavy atom. The number of rotatable bonds is 3.